The van der Waals surface area contributed by atoms with E-state index >= 15 is 0 Å². The van der Waals surface area contributed by atoms with Crippen LogP contribution >= 0.6 is 27.3 Å². The maximum Gasteiger partial charge on any atom is 0.507 e. The molecule has 8 heteroatoms. The molecule has 0 unspecified atom stereocenters. The Labute approximate surface area is 147 Å². The van der Waals surface area contributed by atoms with Crippen LogP contribution < -0.4 is 4.78 Å². The molecule has 1 saturated heterocycles. The lowest BCUT2D eigenvalue weighted by molar-refractivity contribution is 0.00578. The van der Waals surface area contributed by atoms with Crippen LogP contribution in [0.15, 0.2) is 21.2 Å². The molecule has 0 aromatic carbocycles. The molecule has 23 heavy (non-hydrogen) atoms. The van der Waals surface area contributed by atoms with Crippen LogP contribution in [0.4, 0.5) is 0 Å². The summed E-state index contributed by atoms with van der Waals surface area (Å²) in [7, 11) is -0.512. The first kappa shape index (κ1) is 16.9. The Bertz CT molecular complexity index is 751. The zero-order chi connectivity index (χ0) is 17.0. The van der Waals surface area contributed by atoms with Crippen molar-refractivity contribution in [3.05, 3.63) is 33.3 Å². The van der Waals surface area contributed by atoms with E-state index in [0.29, 0.717) is 9.68 Å². The van der Waals surface area contributed by atoms with Crippen molar-refractivity contribution in [3.8, 4) is 0 Å². The van der Waals surface area contributed by atoms with Crippen molar-refractivity contribution in [2.45, 2.75) is 45.8 Å². The molecular weight excluding hydrogens is 381 g/mol. The summed E-state index contributed by atoms with van der Waals surface area (Å²) in [5.74, 6) is 0.0117. The molecular formula is C15H17BBrNO4S. The van der Waals surface area contributed by atoms with Gasteiger partial charge in [-0.3, -0.25) is 4.79 Å². The third-order valence-electron chi connectivity index (χ3n) is 4.29. The molecule has 122 valence electrons. The number of carbonyl (C=O) groups is 1. The lowest BCUT2D eigenvalue weighted by Gasteiger charge is -2.32. The van der Waals surface area contributed by atoms with E-state index in [0.717, 1.165) is 10.5 Å². The number of aryl methyl sites for hydroxylation is 1. The smallest absolute Gasteiger partial charge is 0.446 e. The highest BCUT2D eigenvalue weighted by atomic mass is 79.9. The maximum absolute atomic E-state index is 12.4. The fourth-order valence-electron chi connectivity index (χ4n) is 2.22. The van der Waals surface area contributed by atoms with Gasteiger partial charge in [-0.15, -0.1) is 11.3 Å². The number of aromatic nitrogens is 1. The van der Waals surface area contributed by atoms with Crippen LogP contribution in [0.5, 0.6) is 0 Å². The first-order valence-electron chi connectivity index (χ1n) is 7.24. The number of halogens is 1. The topological polar surface area (TPSA) is 61.6 Å². The minimum Gasteiger partial charge on any atom is -0.446 e. The zero-order valence-corrected chi connectivity index (χ0v) is 16.0. The van der Waals surface area contributed by atoms with Crippen molar-refractivity contribution < 1.29 is 18.5 Å². The maximum atomic E-state index is 12.4. The number of thiazole rings is 1. The normalized spacial score (nSPS) is 19.3. The Morgan fingerprint density at radius 2 is 1.83 bits per heavy atom. The molecule has 0 spiro atoms. The number of rotatable bonds is 3. The fourth-order valence-corrected chi connectivity index (χ4v) is 3.49. The first-order chi connectivity index (χ1) is 10.6. The summed E-state index contributed by atoms with van der Waals surface area (Å²) in [5, 5.41) is 0.370. The monoisotopic (exact) mass is 397 g/mol. The van der Waals surface area contributed by atoms with E-state index in [1.807, 2.05) is 34.6 Å². The summed E-state index contributed by atoms with van der Waals surface area (Å²) < 4.78 is 18.7. The molecule has 0 atom stereocenters. The van der Waals surface area contributed by atoms with Crippen molar-refractivity contribution >= 4 is 44.9 Å². The quantitative estimate of drug-likeness (QED) is 0.587. The molecule has 0 N–H and O–H groups in total. The minimum atomic E-state index is -0.512. The standard InChI is InChI=1S/C15H17BBrNO4S/c1-8-12(16-21-14(2,3)15(4,5)22-16)23-13(18-8)11(19)9-6-7-10(17)20-9/h6-7H,1-5H3. The van der Waals surface area contributed by atoms with E-state index in [-0.39, 0.29) is 11.5 Å². The molecule has 3 rings (SSSR count). The van der Waals surface area contributed by atoms with E-state index in [4.69, 9.17) is 13.7 Å². The Morgan fingerprint density at radius 1 is 1.22 bits per heavy atom. The van der Waals surface area contributed by atoms with Gasteiger partial charge in [0.25, 0.3) is 5.78 Å². The number of hydrogen-bond donors (Lipinski definition) is 0. The Hall–Kier alpha value is -0.955. The molecule has 0 bridgehead atoms. The largest absolute Gasteiger partial charge is 0.507 e. The molecule has 1 aliphatic heterocycles. The number of furan rings is 1. The van der Waals surface area contributed by atoms with Crippen LogP contribution in [0.3, 0.4) is 0 Å². The summed E-state index contributed by atoms with van der Waals surface area (Å²) in [6.45, 7) is 9.84. The van der Waals surface area contributed by atoms with Gasteiger partial charge in [-0.05, 0) is 62.7 Å². The highest BCUT2D eigenvalue weighted by molar-refractivity contribution is 9.10. The van der Waals surface area contributed by atoms with Gasteiger partial charge in [0, 0.05) is 5.69 Å². The van der Waals surface area contributed by atoms with Gasteiger partial charge < -0.3 is 13.7 Å². The highest BCUT2D eigenvalue weighted by Crippen LogP contribution is 2.37. The fraction of sp³-hybridized carbons (Fsp3) is 0.467. The summed E-state index contributed by atoms with van der Waals surface area (Å²) in [4.78, 5) is 16.8. The number of ketones is 1. The lowest BCUT2D eigenvalue weighted by Crippen LogP contribution is -2.41. The molecule has 3 heterocycles. The predicted molar refractivity (Wildman–Crippen MR) is 92.4 cm³/mol. The van der Waals surface area contributed by atoms with Crippen molar-refractivity contribution in [1.82, 2.24) is 4.98 Å². The van der Waals surface area contributed by atoms with Gasteiger partial charge in [-0.1, -0.05) is 0 Å². The van der Waals surface area contributed by atoms with Crippen LogP contribution in [-0.2, 0) is 9.31 Å². The van der Waals surface area contributed by atoms with Gasteiger partial charge in [0.2, 0.25) is 0 Å². The van der Waals surface area contributed by atoms with E-state index in [2.05, 4.69) is 20.9 Å². The summed E-state index contributed by atoms with van der Waals surface area (Å²) >= 11 is 4.48. The number of hydrogen-bond acceptors (Lipinski definition) is 6. The second-order valence-electron chi connectivity index (χ2n) is 6.49. The van der Waals surface area contributed by atoms with Crippen LogP contribution in [-0.4, -0.2) is 29.1 Å². The lowest BCUT2D eigenvalue weighted by atomic mass is 9.86. The molecule has 0 saturated carbocycles. The van der Waals surface area contributed by atoms with Gasteiger partial charge in [0.1, 0.15) is 0 Å². The zero-order valence-electron chi connectivity index (χ0n) is 13.6. The molecule has 5 nitrogen and oxygen atoms in total. The van der Waals surface area contributed by atoms with Gasteiger partial charge in [0.15, 0.2) is 15.4 Å². The molecule has 0 amide bonds. The van der Waals surface area contributed by atoms with Crippen molar-refractivity contribution in [2.24, 2.45) is 0 Å². The molecule has 0 aliphatic carbocycles. The van der Waals surface area contributed by atoms with Crippen LogP contribution in [0.2, 0.25) is 0 Å². The number of nitrogens with zero attached hydrogens (tertiary/aromatic N) is 1. The van der Waals surface area contributed by atoms with Gasteiger partial charge in [-0.25, -0.2) is 4.98 Å². The first-order valence-corrected chi connectivity index (χ1v) is 8.85. The van der Waals surface area contributed by atoms with E-state index < -0.39 is 18.3 Å². The van der Waals surface area contributed by atoms with Crippen LogP contribution in [0.1, 0.15) is 49.0 Å². The van der Waals surface area contributed by atoms with Gasteiger partial charge in [0.05, 0.1) is 16.0 Å². The summed E-state index contributed by atoms with van der Waals surface area (Å²) in [6.07, 6.45) is 0. The third-order valence-corrected chi connectivity index (χ3v) is 5.90. The van der Waals surface area contributed by atoms with Gasteiger partial charge in [-0.2, -0.15) is 0 Å². The Morgan fingerprint density at radius 3 is 2.35 bits per heavy atom. The van der Waals surface area contributed by atoms with E-state index in [1.165, 1.54) is 11.3 Å². The Kier molecular flexibility index (Phi) is 4.07. The molecule has 2 aromatic rings. The average Bonchev–Trinajstić information content (AvgIpc) is 3.07. The van der Waals surface area contributed by atoms with Crippen LogP contribution in [0.25, 0.3) is 0 Å². The highest BCUT2D eigenvalue weighted by Gasteiger charge is 2.53. The average molecular weight is 398 g/mol. The second kappa shape index (κ2) is 5.55. The van der Waals surface area contributed by atoms with Gasteiger partial charge >= 0.3 is 7.12 Å². The second-order valence-corrected chi connectivity index (χ2v) is 8.30. The van der Waals surface area contributed by atoms with Crippen molar-refractivity contribution in [1.29, 1.82) is 0 Å². The SMILES string of the molecule is Cc1nc(C(=O)c2ccc(Br)o2)sc1B1OC(C)(C)C(C)(C)O1. The molecule has 1 aliphatic rings. The van der Waals surface area contributed by atoms with E-state index in [1.54, 1.807) is 12.1 Å². The molecule has 2 aromatic heterocycles. The van der Waals surface area contributed by atoms with Crippen molar-refractivity contribution in [3.63, 3.8) is 0 Å². The molecule has 1 fully saturated rings. The van der Waals surface area contributed by atoms with Crippen LogP contribution in [0, 0.1) is 6.92 Å². The van der Waals surface area contributed by atoms with E-state index in [9.17, 15) is 4.79 Å². The Balaban J connectivity index is 1.89. The predicted octanol–water partition coefficient (Wildman–Crippen LogP) is 3.34. The number of carbonyl (C=O) groups excluding carboxylic acids is 1. The van der Waals surface area contributed by atoms with Crippen molar-refractivity contribution in [2.75, 3.05) is 0 Å². The summed E-state index contributed by atoms with van der Waals surface area (Å²) in [5.41, 5.74) is -0.114. The third kappa shape index (κ3) is 2.93. The minimum absolute atomic E-state index is 0.244. The molecule has 0 radical (unpaired) electrons. The summed E-state index contributed by atoms with van der Waals surface area (Å²) in [6, 6.07) is 3.31.